The zero-order chi connectivity index (χ0) is 10.2. The molecule has 0 saturated heterocycles. The van der Waals surface area contributed by atoms with Crippen molar-refractivity contribution in [3.8, 4) is 0 Å². The summed E-state index contributed by atoms with van der Waals surface area (Å²) < 4.78 is 15.3. The van der Waals surface area contributed by atoms with Crippen LogP contribution in [0.2, 0.25) is 0 Å². The fraction of sp³-hybridized carbons (Fsp3) is 0.667. The molecule has 0 unspecified atom stereocenters. The first-order valence-electron chi connectivity index (χ1n) is 4.30. The van der Waals surface area contributed by atoms with Crippen LogP contribution in [0.4, 0.5) is 4.39 Å². The second-order valence-electron chi connectivity index (χ2n) is 4.02. The van der Waals surface area contributed by atoms with Crippen molar-refractivity contribution in [2.24, 2.45) is 0 Å². The van der Waals surface area contributed by atoms with Crippen LogP contribution in [-0.4, -0.2) is 9.78 Å². The predicted molar refractivity (Wildman–Crippen MR) is 54.3 cm³/mol. The Morgan fingerprint density at radius 3 is 2.23 bits per heavy atom. The molecule has 0 fully saturated rings. The minimum Gasteiger partial charge on any atom is -0.239 e. The SMILES string of the molecule is CCn1nc(C(C)(C)C)c(Br)c1F. The van der Waals surface area contributed by atoms with Crippen molar-refractivity contribution in [3.05, 3.63) is 16.1 Å². The first-order valence-corrected chi connectivity index (χ1v) is 5.09. The van der Waals surface area contributed by atoms with Gasteiger partial charge in [0, 0.05) is 12.0 Å². The van der Waals surface area contributed by atoms with Crippen molar-refractivity contribution in [3.63, 3.8) is 0 Å². The van der Waals surface area contributed by atoms with Gasteiger partial charge in [-0.05, 0) is 22.9 Å². The highest BCUT2D eigenvalue weighted by molar-refractivity contribution is 9.10. The van der Waals surface area contributed by atoms with Crippen LogP contribution in [0.5, 0.6) is 0 Å². The standard InChI is InChI=1S/C9H14BrFN2/c1-5-13-8(11)6(10)7(12-13)9(2,3)4/h5H2,1-4H3. The zero-order valence-corrected chi connectivity index (χ0v) is 9.94. The molecule has 0 aromatic carbocycles. The summed E-state index contributed by atoms with van der Waals surface area (Å²) >= 11 is 3.22. The number of aromatic nitrogens is 2. The summed E-state index contributed by atoms with van der Waals surface area (Å²) in [5, 5.41) is 4.19. The summed E-state index contributed by atoms with van der Waals surface area (Å²) in [6.07, 6.45) is 0. The molecule has 1 rings (SSSR count). The second kappa shape index (κ2) is 3.40. The molecule has 0 saturated carbocycles. The molecule has 0 N–H and O–H groups in total. The van der Waals surface area contributed by atoms with Crippen molar-refractivity contribution >= 4 is 15.9 Å². The summed E-state index contributed by atoms with van der Waals surface area (Å²) in [4.78, 5) is 0. The third kappa shape index (κ3) is 1.93. The van der Waals surface area contributed by atoms with Crippen molar-refractivity contribution in [1.29, 1.82) is 0 Å². The van der Waals surface area contributed by atoms with Gasteiger partial charge in [0.2, 0.25) is 5.95 Å². The Balaban J connectivity index is 3.25. The lowest BCUT2D eigenvalue weighted by molar-refractivity contribution is 0.462. The average molecular weight is 249 g/mol. The molecule has 1 aromatic rings. The molecule has 0 aliphatic carbocycles. The Morgan fingerprint density at radius 1 is 1.46 bits per heavy atom. The highest BCUT2D eigenvalue weighted by Crippen LogP contribution is 2.30. The van der Waals surface area contributed by atoms with Gasteiger partial charge in [0.25, 0.3) is 0 Å². The molecule has 0 atom stereocenters. The van der Waals surface area contributed by atoms with Gasteiger partial charge in [-0.3, -0.25) is 0 Å². The fourth-order valence-electron chi connectivity index (χ4n) is 1.11. The summed E-state index contributed by atoms with van der Waals surface area (Å²) in [7, 11) is 0. The Kier molecular flexibility index (Phi) is 2.80. The van der Waals surface area contributed by atoms with E-state index in [9.17, 15) is 4.39 Å². The summed E-state index contributed by atoms with van der Waals surface area (Å²) in [5.41, 5.74) is 0.645. The molecular formula is C9H14BrFN2. The number of aryl methyl sites for hydroxylation is 1. The van der Waals surface area contributed by atoms with Crippen LogP contribution in [0, 0.1) is 5.95 Å². The third-order valence-corrected chi connectivity index (χ3v) is 2.55. The van der Waals surface area contributed by atoms with Crippen molar-refractivity contribution in [1.82, 2.24) is 9.78 Å². The minimum absolute atomic E-state index is 0.125. The van der Waals surface area contributed by atoms with Gasteiger partial charge in [0.1, 0.15) is 0 Å². The van der Waals surface area contributed by atoms with E-state index in [1.54, 1.807) is 0 Å². The van der Waals surface area contributed by atoms with E-state index in [0.717, 1.165) is 5.69 Å². The van der Waals surface area contributed by atoms with Crippen molar-refractivity contribution < 1.29 is 4.39 Å². The van der Waals surface area contributed by atoms with Gasteiger partial charge in [-0.2, -0.15) is 9.49 Å². The fourth-order valence-corrected chi connectivity index (χ4v) is 1.99. The smallest absolute Gasteiger partial charge is 0.226 e. The first kappa shape index (κ1) is 10.7. The lowest BCUT2D eigenvalue weighted by Crippen LogP contribution is -2.13. The molecule has 0 radical (unpaired) electrons. The molecule has 1 aromatic heterocycles. The van der Waals surface area contributed by atoms with E-state index in [0.29, 0.717) is 11.0 Å². The van der Waals surface area contributed by atoms with Crippen molar-refractivity contribution in [2.75, 3.05) is 0 Å². The Bertz CT molecular complexity index is 312. The first-order chi connectivity index (χ1) is 5.88. The number of rotatable bonds is 1. The van der Waals surface area contributed by atoms with Crippen LogP contribution in [-0.2, 0) is 12.0 Å². The maximum Gasteiger partial charge on any atom is 0.226 e. The normalized spacial score (nSPS) is 12.2. The van der Waals surface area contributed by atoms with Gasteiger partial charge in [-0.25, -0.2) is 4.68 Å². The van der Waals surface area contributed by atoms with Crippen LogP contribution in [0.15, 0.2) is 4.47 Å². The van der Waals surface area contributed by atoms with Crippen LogP contribution >= 0.6 is 15.9 Å². The quantitative estimate of drug-likeness (QED) is 0.747. The molecule has 0 amide bonds. The van der Waals surface area contributed by atoms with Gasteiger partial charge < -0.3 is 0 Å². The van der Waals surface area contributed by atoms with E-state index in [4.69, 9.17) is 0 Å². The predicted octanol–water partition coefficient (Wildman–Crippen LogP) is 3.10. The molecule has 13 heavy (non-hydrogen) atoms. The van der Waals surface area contributed by atoms with Crippen molar-refractivity contribution in [2.45, 2.75) is 39.7 Å². The lowest BCUT2D eigenvalue weighted by atomic mass is 9.93. The molecule has 0 bridgehead atoms. The molecule has 0 aliphatic rings. The zero-order valence-electron chi connectivity index (χ0n) is 8.36. The lowest BCUT2D eigenvalue weighted by Gasteiger charge is -2.15. The van der Waals surface area contributed by atoms with Gasteiger partial charge in [-0.15, -0.1) is 0 Å². The molecule has 0 aliphatic heterocycles. The largest absolute Gasteiger partial charge is 0.239 e. The summed E-state index contributed by atoms with van der Waals surface area (Å²) in [5.74, 6) is -0.285. The van der Waals surface area contributed by atoms with Gasteiger partial charge in [0.15, 0.2) is 0 Å². The number of halogens is 2. The van der Waals surface area contributed by atoms with Crippen LogP contribution in [0.3, 0.4) is 0 Å². The number of hydrogen-bond donors (Lipinski definition) is 0. The monoisotopic (exact) mass is 248 g/mol. The van der Waals surface area contributed by atoms with E-state index in [2.05, 4.69) is 21.0 Å². The van der Waals surface area contributed by atoms with Crippen LogP contribution in [0.25, 0.3) is 0 Å². The van der Waals surface area contributed by atoms with Gasteiger partial charge in [-0.1, -0.05) is 20.8 Å². The minimum atomic E-state index is -0.285. The van der Waals surface area contributed by atoms with E-state index in [1.165, 1.54) is 4.68 Å². The third-order valence-electron chi connectivity index (χ3n) is 1.85. The Morgan fingerprint density at radius 2 is 2.00 bits per heavy atom. The highest BCUT2D eigenvalue weighted by atomic mass is 79.9. The van der Waals surface area contributed by atoms with E-state index in [-0.39, 0.29) is 11.4 Å². The maximum absolute atomic E-state index is 13.4. The Hall–Kier alpha value is -0.380. The summed E-state index contributed by atoms with van der Waals surface area (Å²) in [6.45, 7) is 8.47. The molecular weight excluding hydrogens is 235 g/mol. The topological polar surface area (TPSA) is 17.8 Å². The molecule has 1 heterocycles. The van der Waals surface area contributed by atoms with E-state index < -0.39 is 0 Å². The molecule has 0 spiro atoms. The molecule has 2 nitrogen and oxygen atoms in total. The Labute approximate surface area is 86.3 Å². The average Bonchev–Trinajstić information content (AvgIpc) is 2.28. The van der Waals surface area contributed by atoms with Crippen LogP contribution in [0.1, 0.15) is 33.4 Å². The number of hydrogen-bond acceptors (Lipinski definition) is 1. The van der Waals surface area contributed by atoms with E-state index in [1.807, 2.05) is 27.7 Å². The van der Waals surface area contributed by atoms with Gasteiger partial charge >= 0.3 is 0 Å². The summed E-state index contributed by atoms with van der Waals surface area (Å²) in [6, 6.07) is 0. The molecule has 74 valence electrons. The second-order valence-corrected chi connectivity index (χ2v) is 4.81. The maximum atomic E-state index is 13.4. The van der Waals surface area contributed by atoms with E-state index >= 15 is 0 Å². The van der Waals surface area contributed by atoms with Gasteiger partial charge in [0.05, 0.1) is 10.2 Å². The molecule has 4 heteroatoms. The highest BCUT2D eigenvalue weighted by Gasteiger charge is 2.24. The van der Waals surface area contributed by atoms with Crippen LogP contribution < -0.4 is 0 Å². The number of nitrogens with zero attached hydrogens (tertiary/aromatic N) is 2.